The highest BCUT2D eigenvalue weighted by Crippen LogP contribution is 2.29. The molecule has 1 heterocycles. The molecule has 0 amide bonds. The highest BCUT2D eigenvalue weighted by molar-refractivity contribution is 7.11. The minimum Gasteiger partial charge on any atom is -0.312 e. The van der Waals surface area contributed by atoms with Gasteiger partial charge in [-0.2, -0.15) is 0 Å². The van der Waals surface area contributed by atoms with Crippen LogP contribution in [0.3, 0.4) is 0 Å². The first kappa shape index (κ1) is 16.1. The van der Waals surface area contributed by atoms with Gasteiger partial charge in [-0.05, 0) is 32.8 Å². The van der Waals surface area contributed by atoms with Crippen LogP contribution in [-0.4, -0.2) is 22.3 Å². The Morgan fingerprint density at radius 2 is 1.86 bits per heavy atom. The van der Waals surface area contributed by atoms with E-state index in [0.29, 0.717) is 5.92 Å². The second kappa shape index (κ2) is 7.14. The summed E-state index contributed by atoms with van der Waals surface area (Å²) in [6.45, 7) is 9.70. The van der Waals surface area contributed by atoms with E-state index in [0.717, 1.165) is 29.4 Å². The van der Waals surface area contributed by atoms with Gasteiger partial charge in [0, 0.05) is 24.4 Å². The van der Waals surface area contributed by atoms with E-state index in [1.165, 1.54) is 5.56 Å². The summed E-state index contributed by atoms with van der Waals surface area (Å²) < 4.78 is 0. The minimum atomic E-state index is 0.156. The molecule has 0 aliphatic rings. The molecule has 1 unspecified atom stereocenters. The largest absolute Gasteiger partial charge is 0.312 e. The van der Waals surface area contributed by atoms with Crippen molar-refractivity contribution in [3.63, 3.8) is 0 Å². The summed E-state index contributed by atoms with van der Waals surface area (Å²) in [7, 11) is 0. The number of nitrogens with one attached hydrogen (secondary N) is 1. The van der Waals surface area contributed by atoms with Gasteiger partial charge < -0.3 is 5.32 Å². The SMILES string of the molecule is CCC(c1ccccc1)c1nnc(CCNC(C)(C)C)s1. The normalized spacial score (nSPS) is 13.3. The van der Waals surface area contributed by atoms with Crippen LogP contribution in [0.1, 0.15) is 55.6 Å². The van der Waals surface area contributed by atoms with Gasteiger partial charge >= 0.3 is 0 Å². The van der Waals surface area contributed by atoms with E-state index in [1.807, 2.05) is 0 Å². The molecule has 0 saturated heterocycles. The van der Waals surface area contributed by atoms with Crippen molar-refractivity contribution in [2.75, 3.05) is 6.54 Å². The molecule has 0 radical (unpaired) electrons. The average molecular weight is 303 g/mol. The summed E-state index contributed by atoms with van der Waals surface area (Å²) >= 11 is 1.75. The van der Waals surface area contributed by atoms with Crippen molar-refractivity contribution >= 4 is 11.3 Å². The second-order valence-electron chi connectivity index (χ2n) is 6.33. The summed E-state index contributed by atoms with van der Waals surface area (Å²) in [6.07, 6.45) is 2.00. The molecule has 4 heteroatoms. The fourth-order valence-electron chi connectivity index (χ4n) is 2.29. The van der Waals surface area contributed by atoms with Crippen molar-refractivity contribution in [2.24, 2.45) is 0 Å². The zero-order valence-electron chi connectivity index (χ0n) is 13.4. The lowest BCUT2D eigenvalue weighted by atomic mass is 9.97. The molecule has 2 aromatic rings. The van der Waals surface area contributed by atoms with Crippen LogP contribution in [0, 0.1) is 0 Å². The van der Waals surface area contributed by atoms with Crippen LogP contribution in [0.15, 0.2) is 30.3 Å². The van der Waals surface area contributed by atoms with Crippen LogP contribution in [0.5, 0.6) is 0 Å². The van der Waals surface area contributed by atoms with E-state index in [-0.39, 0.29) is 5.54 Å². The number of aromatic nitrogens is 2. The predicted octanol–water partition coefficient (Wildman–Crippen LogP) is 4.01. The first-order valence-corrected chi connectivity index (χ1v) is 8.43. The molecule has 21 heavy (non-hydrogen) atoms. The number of rotatable bonds is 6. The zero-order chi connectivity index (χ0) is 15.3. The van der Waals surface area contributed by atoms with Crippen LogP contribution in [0.4, 0.5) is 0 Å². The first-order chi connectivity index (χ1) is 9.99. The smallest absolute Gasteiger partial charge is 0.124 e. The van der Waals surface area contributed by atoms with Gasteiger partial charge in [0.05, 0.1) is 0 Å². The Hall–Kier alpha value is -1.26. The number of hydrogen-bond acceptors (Lipinski definition) is 4. The maximum absolute atomic E-state index is 4.42. The summed E-state index contributed by atoms with van der Waals surface area (Å²) in [5.74, 6) is 0.369. The Bertz CT molecular complexity index is 543. The minimum absolute atomic E-state index is 0.156. The molecule has 1 N–H and O–H groups in total. The highest BCUT2D eigenvalue weighted by Gasteiger charge is 2.17. The standard InChI is InChI=1S/C17H25N3S/c1-5-14(13-9-7-6-8-10-13)16-20-19-15(21-16)11-12-18-17(2,3)4/h6-10,14,18H,5,11-12H2,1-4H3. The monoisotopic (exact) mass is 303 g/mol. The van der Waals surface area contributed by atoms with Crippen LogP contribution < -0.4 is 5.32 Å². The van der Waals surface area contributed by atoms with Crippen LogP contribution >= 0.6 is 11.3 Å². The quantitative estimate of drug-likeness (QED) is 0.876. The summed E-state index contributed by atoms with van der Waals surface area (Å²) in [4.78, 5) is 0. The Morgan fingerprint density at radius 3 is 2.48 bits per heavy atom. The van der Waals surface area contributed by atoms with Gasteiger partial charge in [0.2, 0.25) is 0 Å². The van der Waals surface area contributed by atoms with Gasteiger partial charge in [-0.25, -0.2) is 0 Å². The lowest BCUT2D eigenvalue weighted by molar-refractivity contribution is 0.429. The van der Waals surface area contributed by atoms with Crippen LogP contribution in [0.2, 0.25) is 0 Å². The van der Waals surface area contributed by atoms with Crippen molar-refractivity contribution in [3.8, 4) is 0 Å². The van der Waals surface area contributed by atoms with Crippen molar-refractivity contribution < 1.29 is 0 Å². The molecule has 114 valence electrons. The number of nitrogens with zero attached hydrogens (tertiary/aromatic N) is 2. The van der Waals surface area contributed by atoms with Gasteiger partial charge in [-0.3, -0.25) is 0 Å². The molecule has 0 fully saturated rings. The molecule has 0 aliphatic heterocycles. The average Bonchev–Trinajstić information content (AvgIpc) is 2.88. The molecule has 0 aliphatic carbocycles. The van der Waals surface area contributed by atoms with E-state index >= 15 is 0 Å². The van der Waals surface area contributed by atoms with Gasteiger partial charge in [0.25, 0.3) is 0 Å². The summed E-state index contributed by atoms with van der Waals surface area (Å²) in [5, 5.41) is 14.5. The van der Waals surface area contributed by atoms with Crippen LogP contribution in [0.25, 0.3) is 0 Å². The van der Waals surface area contributed by atoms with Gasteiger partial charge in [-0.1, -0.05) is 37.3 Å². The lowest BCUT2D eigenvalue weighted by Crippen LogP contribution is -2.37. The van der Waals surface area contributed by atoms with Crippen molar-refractivity contribution in [2.45, 2.75) is 52.0 Å². The van der Waals surface area contributed by atoms with Gasteiger partial charge in [0.15, 0.2) is 0 Å². The summed E-state index contributed by atoms with van der Waals surface area (Å²) in [6, 6.07) is 10.6. The predicted molar refractivity (Wildman–Crippen MR) is 89.9 cm³/mol. The highest BCUT2D eigenvalue weighted by atomic mass is 32.1. The fourth-order valence-corrected chi connectivity index (χ4v) is 3.34. The maximum Gasteiger partial charge on any atom is 0.124 e. The molecule has 2 rings (SSSR count). The van der Waals surface area contributed by atoms with E-state index in [1.54, 1.807) is 11.3 Å². The zero-order valence-corrected chi connectivity index (χ0v) is 14.2. The number of benzene rings is 1. The number of hydrogen-bond donors (Lipinski definition) is 1. The van der Waals surface area contributed by atoms with E-state index in [2.05, 4.69) is 73.5 Å². The van der Waals surface area contributed by atoms with E-state index in [4.69, 9.17) is 0 Å². The van der Waals surface area contributed by atoms with E-state index < -0.39 is 0 Å². The Labute approximate surface area is 131 Å². The molecule has 0 bridgehead atoms. The first-order valence-electron chi connectivity index (χ1n) is 7.62. The fraction of sp³-hybridized carbons (Fsp3) is 0.529. The Balaban J connectivity index is 2.01. The third-order valence-electron chi connectivity index (χ3n) is 3.38. The Morgan fingerprint density at radius 1 is 1.14 bits per heavy atom. The maximum atomic E-state index is 4.42. The van der Waals surface area contributed by atoms with Crippen molar-refractivity contribution in [1.29, 1.82) is 0 Å². The third-order valence-corrected chi connectivity index (χ3v) is 4.48. The molecule has 1 aromatic carbocycles. The van der Waals surface area contributed by atoms with E-state index in [9.17, 15) is 0 Å². The van der Waals surface area contributed by atoms with Crippen molar-refractivity contribution in [3.05, 3.63) is 45.9 Å². The molecule has 3 nitrogen and oxygen atoms in total. The molecule has 0 spiro atoms. The third kappa shape index (κ3) is 4.90. The molecular weight excluding hydrogens is 278 g/mol. The lowest BCUT2D eigenvalue weighted by Gasteiger charge is -2.19. The summed E-state index contributed by atoms with van der Waals surface area (Å²) in [5.41, 5.74) is 1.49. The molecule has 1 aromatic heterocycles. The van der Waals surface area contributed by atoms with Crippen LogP contribution in [-0.2, 0) is 6.42 Å². The molecule has 0 saturated carbocycles. The van der Waals surface area contributed by atoms with Crippen molar-refractivity contribution in [1.82, 2.24) is 15.5 Å². The molecular formula is C17H25N3S. The topological polar surface area (TPSA) is 37.8 Å². The molecule has 1 atom stereocenters. The van der Waals surface area contributed by atoms with Gasteiger partial charge in [-0.15, -0.1) is 21.5 Å². The Kier molecular flexibility index (Phi) is 5.48. The van der Waals surface area contributed by atoms with Gasteiger partial charge in [0.1, 0.15) is 10.0 Å². The second-order valence-corrected chi connectivity index (χ2v) is 7.43.